The molecule has 20 heavy (non-hydrogen) atoms. The SMILES string of the molecule is CNc1cc(N2CCC3CCC(C2)N3C)nc(SC)n1. The van der Waals surface area contributed by atoms with E-state index in [1.165, 1.54) is 19.3 Å². The Balaban J connectivity index is 1.85. The molecule has 1 aromatic heterocycles. The Morgan fingerprint density at radius 1 is 1.25 bits per heavy atom. The molecule has 2 fully saturated rings. The van der Waals surface area contributed by atoms with Crippen LogP contribution in [0.15, 0.2) is 11.2 Å². The Bertz CT molecular complexity index is 458. The number of rotatable bonds is 3. The van der Waals surface area contributed by atoms with Gasteiger partial charge in [0.1, 0.15) is 11.6 Å². The van der Waals surface area contributed by atoms with Crippen LogP contribution in [0.2, 0.25) is 0 Å². The first-order valence-electron chi connectivity index (χ1n) is 7.29. The summed E-state index contributed by atoms with van der Waals surface area (Å²) in [6.07, 6.45) is 5.94. The van der Waals surface area contributed by atoms with Gasteiger partial charge in [-0.05, 0) is 32.6 Å². The molecule has 0 spiro atoms. The molecule has 0 radical (unpaired) electrons. The van der Waals surface area contributed by atoms with Gasteiger partial charge in [-0.2, -0.15) is 0 Å². The molecule has 2 unspecified atom stereocenters. The maximum Gasteiger partial charge on any atom is 0.191 e. The molecule has 0 aliphatic carbocycles. The van der Waals surface area contributed by atoms with Crippen molar-refractivity contribution in [1.29, 1.82) is 0 Å². The van der Waals surface area contributed by atoms with Gasteiger partial charge in [-0.25, -0.2) is 9.97 Å². The lowest BCUT2D eigenvalue weighted by atomic mass is 10.1. The van der Waals surface area contributed by atoms with E-state index in [4.69, 9.17) is 4.98 Å². The minimum atomic E-state index is 0.674. The van der Waals surface area contributed by atoms with E-state index in [0.29, 0.717) is 6.04 Å². The lowest BCUT2D eigenvalue weighted by Crippen LogP contribution is -2.37. The molecule has 2 aliphatic heterocycles. The Morgan fingerprint density at radius 3 is 2.80 bits per heavy atom. The van der Waals surface area contributed by atoms with Gasteiger partial charge < -0.3 is 10.2 Å². The van der Waals surface area contributed by atoms with E-state index in [1.54, 1.807) is 11.8 Å². The van der Waals surface area contributed by atoms with Crippen LogP contribution in [0.3, 0.4) is 0 Å². The van der Waals surface area contributed by atoms with Crippen LogP contribution < -0.4 is 10.2 Å². The van der Waals surface area contributed by atoms with E-state index in [2.05, 4.69) is 33.2 Å². The molecule has 1 aromatic rings. The summed E-state index contributed by atoms with van der Waals surface area (Å²) < 4.78 is 0. The standard InChI is InChI=1S/C14H23N5S/c1-15-12-8-13(17-14(16-12)20-3)19-7-6-10-4-5-11(9-19)18(10)2/h8,10-11H,4-7,9H2,1-3H3,(H,15,16,17). The van der Waals surface area contributed by atoms with Gasteiger partial charge in [-0.3, -0.25) is 4.90 Å². The van der Waals surface area contributed by atoms with Gasteiger partial charge in [-0.15, -0.1) is 0 Å². The Hall–Kier alpha value is -1.01. The number of nitrogens with zero attached hydrogens (tertiary/aromatic N) is 4. The van der Waals surface area contributed by atoms with Gasteiger partial charge >= 0.3 is 0 Å². The third kappa shape index (κ3) is 2.59. The molecule has 1 N–H and O–H groups in total. The van der Waals surface area contributed by atoms with Gasteiger partial charge in [-0.1, -0.05) is 11.8 Å². The van der Waals surface area contributed by atoms with Gasteiger partial charge in [0, 0.05) is 38.3 Å². The van der Waals surface area contributed by atoms with Gasteiger partial charge in [0.25, 0.3) is 0 Å². The summed E-state index contributed by atoms with van der Waals surface area (Å²) in [5, 5.41) is 3.98. The van der Waals surface area contributed by atoms with Crippen molar-refractivity contribution in [2.24, 2.45) is 0 Å². The first kappa shape index (κ1) is 13.9. The van der Waals surface area contributed by atoms with Crippen LogP contribution >= 0.6 is 11.8 Å². The lowest BCUT2D eigenvalue weighted by molar-refractivity contribution is 0.254. The highest BCUT2D eigenvalue weighted by Crippen LogP contribution is 2.31. The zero-order valence-electron chi connectivity index (χ0n) is 12.5. The van der Waals surface area contributed by atoms with Crippen molar-refractivity contribution in [2.45, 2.75) is 36.5 Å². The maximum atomic E-state index is 4.69. The van der Waals surface area contributed by atoms with E-state index >= 15 is 0 Å². The van der Waals surface area contributed by atoms with Crippen molar-refractivity contribution in [3.63, 3.8) is 0 Å². The summed E-state index contributed by atoms with van der Waals surface area (Å²) in [5.41, 5.74) is 0. The van der Waals surface area contributed by atoms with Crippen LogP contribution in [-0.2, 0) is 0 Å². The van der Waals surface area contributed by atoms with Crippen LogP contribution in [0.25, 0.3) is 0 Å². The fraction of sp³-hybridized carbons (Fsp3) is 0.714. The monoisotopic (exact) mass is 293 g/mol. The number of likely N-dealkylation sites (N-methyl/N-ethyl adjacent to an activating group) is 1. The maximum absolute atomic E-state index is 4.69. The molecular formula is C14H23N5S. The van der Waals surface area contributed by atoms with Crippen molar-refractivity contribution in [1.82, 2.24) is 14.9 Å². The topological polar surface area (TPSA) is 44.3 Å². The molecule has 110 valence electrons. The number of hydrogen-bond donors (Lipinski definition) is 1. The van der Waals surface area contributed by atoms with E-state index in [9.17, 15) is 0 Å². The van der Waals surface area contributed by atoms with Crippen LogP contribution in [0.4, 0.5) is 11.6 Å². The van der Waals surface area contributed by atoms with Crippen molar-refractivity contribution in [2.75, 3.05) is 43.7 Å². The van der Waals surface area contributed by atoms with Crippen LogP contribution in [0.5, 0.6) is 0 Å². The summed E-state index contributed by atoms with van der Waals surface area (Å²) >= 11 is 1.60. The molecule has 2 atom stereocenters. The van der Waals surface area contributed by atoms with Crippen LogP contribution in [-0.4, -0.2) is 60.4 Å². The average Bonchev–Trinajstić information content (AvgIpc) is 2.71. The molecule has 2 aliphatic rings. The molecule has 2 bridgehead atoms. The minimum Gasteiger partial charge on any atom is -0.373 e. The first-order valence-corrected chi connectivity index (χ1v) is 8.51. The normalized spacial score (nSPS) is 26.6. The van der Waals surface area contributed by atoms with E-state index in [1.807, 2.05) is 13.3 Å². The second kappa shape index (κ2) is 5.77. The number of anilines is 2. The van der Waals surface area contributed by atoms with Crippen molar-refractivity contribution < 1.29 is 0 Å². The van der Waals surface area contributed by atoms with Crippen molar-refractivity contribution in [3.8, 4) is 0 Å². The highest BCUT2D eigenvalue weighted by Gasteiger charge is 2.35. The minimum absolute atomic E-state index is 0.674. The predicted molar refractivity (Wildman–Crippen MR) is 84.8 cm³/mol. The van der Waals surface area contributed by atoms with E-state index in [0.717, 1.165) is 35.9 Å². The number of aromatic nitrogens is 2. The van der Waals surface area contributed by atoms with Crippen LogP contribution in [0.1, 0.15) is 19.3 Å². The van der Waals surface area contributed by atoms with E-state index < -0.39 is 0 Å². The molecule has 0 saturated carbocycles. The third-order valence-corrected chi connectivity index (χ3v) is 5.15. The molecule has 0 aromatic carbocycles. The largest absolute Gasteiger partial charge is 0.373 e. The second-order valence-electron chi connectivity index (χ2n) is 5.63. The van der Waals surface area contributed by atoms with Gasteiger partial charge in [0.2, 0.25) is 0 Å². The average molecular weight is 293 g/mol. The molecule has 2 saturated heterocycles. The lowest BCUT2D eigenvalue weighted by Gasteiger charge is -2.27. The zero-order valence-corrected chi connectivity index (χ0v) is 13.3. The number of thioether (sulfide) groups is 1. The summed E-state index contributed by atoms with van der Waals surface area (Å²) in [4.78, 5) is 14.1. The fourth-order valence-corrected chi connectivity index (χ4v) is 3.69. The van der Waals surface area contributed by atoms with Crippen molar-refractivity contribution >= 4 is 23.4 Å². The van der Waals surface area contributed by atoms with Crippen molar-refractivity contribution in [3.05, 3.63) is 6.07 Å². The number of nitrogens with one attached hydrogen (secondary N) is 1. The molecule has 3 heterocycles. The van der Waals surface area contributed by atoms with Gasteiger partial charge in [0.15, 0.2) is 5.16 Å². The molecular weight excluding hydrogens is 270 g/mol. The van der Waals surface area contributed by atoms with E-state index in [-0.39, 0.29) is 0 Å². The number of fused-ring (bicyclic) bond motifs is 2. The summed E-state index contributed by atoms with van der Waals surface area (Å²) in [7, 11) is 4.19. The summed E-state index contributed by atoms with van der Waals surface area (Å²) in [6.45, 7) is 2.18. The Kier molecular flexibility index (Phi) is 4.03. The fourth-order valence-electron chi connectivity index (χ4n) is 3.31. The quantitative estimate of drug-likeness (QED) is 0.678. The molecule has 6 heteroatoms. The molecule has 0 amide bonds. The van der Waals surface area contributed by atoms with Crippen LogP contribution in [0, 0.1) is 0 Å². The first-order chi connectivity index (χ1) is 9.71. The molecule has 5 nitrogen and oxygen atoms in total. The Morgan fingerprint density at radius 2 is 2.05 bits per heavy atom. The predicted octanol–water partition coefficient (Wildman–Crippen LogP) is 1.91. The van der Waals surface area contributed by atoms with Gasteiger partial charge in [0.05, 0.1) is 0 Å². The number of hydrogen-bond acceptors (Lipinski definition) is 6. The molecule has 3 rings (SSSR count). The summed E-state index contributed by atoms with van der Waals surface area (Å²) in [5.74, 6) is 1.97. The second-order valence-corrected chi connectivity index (χ2v) is 6.41. The Labute approximate surface area is 125 Å². The third-order valence-electron chi connectivity index (χ3n) is 4.60. The highest BCUT2D eigenvalue weighted by molar-refractivity contribution is 7.98. The highest BCUT2D eigenvalue weighted by atomic mass is 32.2. The summed E-state index contributed by atoms with van der Waals surface area (Å²) in [6, 6.07) is 3.50. The zero-order chi connectivity index (χ0) is 14.1. The smallest absolute Gasteiger partial charge is 0.191 e.